The number of aryl methyl sites for hydroxylation is 1. The number of oxime groups is 1. The van der Waals surface area contributed by atoms with E-state index < -0.39 is 17.7 Å². The molecule has 0 N–H and O–H groups in total. The zero-order chi connectivity index (χ0) is 19.9. The molecule has 1 aliphatic rings. The van der Waals surface area contributed by atoms with Crippen LogP contribution < -0.4 is 0 Å². The first-order valence-electron chi connectivity index (χ1n) is 8.88. The van der Waals surface area contributed by atoms with Crippen molar-refractivity contribution in [2.45, 2.75) is 25.4 Å². The van der Waals surface area contributed by atoms with Crippen molar-refractivity contribution in [3.8, 4) is 0 Å². The molecule has 144 valence electrons. The van der Waals surface area contributed by atoms with Crippen molar-refractivity contribution in [1.29, 1.82) is 0 Å². The maximum absolute atomic E-state index is 12.8. The summed E-state index contributed by atoms with van der Waals surface area (Å²) in [6.07, 6.45) is -2.14. The van der Waals surface area contributed by atoms with Crippen molar-refractivity contribution in [3.05, 3.63) is 70.9 Å². The van der Waals surface area contributed by atoms with Crippen LogP contribution in [0.15, 0.2) is 53.7 Å². The summed E-state index contributed by atoms with van der Waals surface area (Å²) in [6.45, 7) is 0. The monoisotopic (exact) mass is 386 g/mol. The second-order valence-corrected chi connectivity index (χ2v) is 6.75. The number of alkyl halides is 3. The van der Waals surface area contributed by atoms with Crippen LogP contribution in [0.2, 0.25) is 0 Å². The number of nitrogens with zero attached hydrogens (tertiary/aromatic N) is 2. The van der Waals surface area contributed by atoms with Gasteiger partial charge in [-0.3, -0.25) is 0 Å². The van der Waals surface area contributed by atoms with E-state index >= 15 is 0 Å². The van der Waals surface area contributed by atoms with Crippen LogP contribution in [0.4, 0.5) is 13.2 Å². The molecule has 0 atom stereocenters. The third-order valence-corrected chi connectivity index (χ3v) is 5.01. The molecule has 0 unspecified atom stereocenters. The summed E-state index contributed by atoms with van der Waals surface area (Å²) in [4.78, 5) is 17.3. The highest BCUT2D eigenvalue weighted by molar-refractivity contribution is 6.13. The summed E-state index contributed by atoms with van der Waals surface area (Å²) < 4.78 is 40.6. The predicted octanol–water partition coefficient (Wildman–Crippen LogP) is 5.09. The highest BCUT2D eigenvalue weighted by Crippen LogP contribution is 2.32. The van der Waals surface area contributed by atoms with E-state index in [1.165, 1.54) is 12.1 Å². The minimum absolute atomic E-state index is 0.187. The number of para-hydroxylation sites is 1. The molecule has 1 heterocycles. The smallest absolute Gasteiger partial charge is 0.347 e. The second-order valence-electron chi connectivity index (χ2n) is 6.75. The first-order chi connectivity index (χ1) is 13.4. The minimum atomic E-state index is -4.52. The molecule has 0 aliphatic heterocycles. The number of carbonyl (C=O) groups is 1. The van der Waals surface area contributed by atoms with Crippen LogP contribution in [0.3, 0.4) is 0 Å². The van der Waals surface area contributed by atoms with E-state index in [0.29, 0.717) is 12.1 Å². The zero-order valence-electron chi connectivity index (χ0n) is 15.1. The van der Waals surface area contributed by atoms with Crippen LogP contribution in [-0.2, 0) is 24.5 Å². The molecule has 4 rings (SSSR count). The van der Waals surface area contributed by atoms with Crippen molar-refractivity contribution < 1.29 is 22.8 Å². The zero-order valence-corrected chi connectivity index (χ0v) is 15.1. The summed E-state index contributed by atoms with van der Waals surface area (Å²) in [6, 6.07) is 12.0. The first kappa shape index (κ1) is 18.3. The van der Waals surface area contributed by atoms with Gasteiger partial charge in [-0.15, -0.1) is 0 Å². The van der Waals surface area contributed by atoms with E-state index in [1.807, 2.05) is 31.3 Å². The van der Waals surface area contributed by atoms with Gasteiger partial charge in [-0.1, -0.05) is 29.4 Å². The molecule has 0 saturated heterocycles. The number of fused-ring (bicyclic) bond motifs is 3. The molecule has 0 fully saturated rings. The van der Waals surface area contributed by atoms with Gasteiger partial charge in [-0.05, 0) is 43.5 Å². The molecule has 0 amide bonds. The van der Waals surface area contributed by atoms with Gasteiger partial charge >= 0.3 is 12.1 Å². The predicted molar refractivity (Wildman–Crippen MR) is 99.3 cm³/mol. The van der Waals surface area contributed by atoms with Crippen molar-refractivity contribution in [2.24, 2.45) is 12.2 Å². The third-order valence-electron chi connectivity index (χ3n) is 5.01. The molecular weight excluding hydrogens is 369 g/mol. The SMILES string of the molecule is Cn1c2c(c3ccccc31)C(=NOC(=O)c1cccc(C(F)(F)F)c1)CCC2. The molecule has 1 aliphatic carbocycles. The van der Waals surface area contributed by atoms with Gasteiger partial charge in [0.2, 0.25) is 0 Å². The van der Waals surface area contributed by atoms with Crippen LogP contribution >= 0.6 is 0 Å². The number of halogens is 3. The molecule has 4 nitrogen and oxygen atoms in total. The van der Waals surface area contributed by atoms with Gasteiger partial charge in [0.15, 0.2) is 0 Å². The van der Waals surface area contributed by atoms with E-state index in [9.17, 15) is 18.0 Å². The van der Waals surface area contributed by atoms with Crippen LogP contribution in [-0.4, -0.2) is 16.2 Å². The van der Waals surface area contributed by atoms with Gasteiger partial charge in [-0.25, -0.2) is 4.79 Å². The normalized spacial score (nSPS) is 15.6. The quantitative estimate of drug-likeness (QED) is 0.455. The van der Waals surface area contributed by atoms with Crippen LogP contribution in [0.25, 0.3) is 10.9 Å². The molecule has 7 heteroatoms. The first-order valence-corrected chi connectivity index (χ1v) is 8.88. The lowest BCUT2D eigenvalue weighted by atomic mass is 9.93. The Morgan fingerprint density at radius 3 is 2.68 bits per heavy atom. The molecular formula is C21H17F3N2O2. The van der Waals surface area contributed by atoms with Crippen molar-refractivity contribution in [1.82, 2.24) is 4.57 Å². The summed E-state index contributed by atoms with van der Waals surface area (Å²) in [5, 5.41) is 5.05. The maximum Gasteiger partial charge on any atom is 0.416 e. The lowest BCUT2D eigenvalue weighted by Gasteiger charge is -2.15. The summed E-state index contributed by atoms with van der Waals surface area (Å²) >= 11 is 0. The highest BCUT2D eigenvalue weighted by atomic mass is 19.4. The minimum Gasteiger partial charge on any atom is -0.347 e. The molecule has 28 heavy (non-hydrogen) atoms. The number of hydrogen-bond acceptors (Lipinski definition) is 3. The maximum atomic E-state index is 12.8. The largest absolute Gasteiger partial charge is 0.416 e. The molecule has 0 saturated carbocycles. The fourth-order valence-corrected chi connectivity index (χ4v) is 3.67. The Morgan fingerprint density at radius 2 is 1.89 bits per heavy atom. The average molecular weight is 386 g/mol. The van der Waals surface area contributed by atoms with E-state index in [4.69, 9.17) is 4.84 Å². The summed E-state index contributed by atoms with van der Waals surface area (Å²) in [5.41, 5.74) is 2.67. The Hall–Kier alpha value is -3.09. The van der Waals surface area contributed by atoms with Gasteiger partial charge in [0.1, 0.15) is 0 Å². The van der Waals surface area contributed by atoms with E-state index in [1.54, 1.807) is 0 Å². The van der Waals surface area contributed by atoms with E-state index in [2.05, 4.69) is 9.72 Å². The second kappa shape index (κ2) is 6.82. The number of rotatable bonds is 2. The lowest BCUT2D eigenvalue weighted by Crippen LogP contribution is -2.14. The number of aromatic nitrogens is 1. The Kier molecular flexibility index (Phi) is 4.45. The molecule has 1 aromatic heterocycles. The summed E-state index contributed by atoms with van der Waals surface area (Å²) in [7, 11) is 1.98. The highest BCUT2D eigenvalue weighted by Gasteiger charge is 2.31. The standard InChI is InChI=1S/C21H17F3N2O2/c1-26-17-10-3-2-8-15(17)19-16(9-5-11-18(19)26)25-28-20(27)13-6-4-7-14(12-13)21(22,23)24/h2-4,6-8,10,12H,5,9,11H2,1H3. The van der Waals surface area contributed by atoms with Crippen molar-refractivity contribution in [2.75, 3.05) is 0 Å². The lowest BCUT2D eigenvalue weighted by molar-refractivity contribution is -0.137. The molecule has 3 aromatic rings. The fraction of sp³-hybridized carbons (Fsp3) is 0.238. The summed E-state index contributed by atoms with van der Waals surface area (Å²) in [5.74, 6) is -0.911. The fourth-order valence-electron chi connectivity index (χ4n) is 3.67. The number of hydrogen-bond donors (Lipinski definition) is 0. The Bertz CT molecular complexity index is 1100. The van der Waals surface area contributed by atoms with Crippen molar-refractivity contribution in [3.63, 3.8) is 0 Å². The molecule has 0 bridgehead atoms. The Morgan fingerprint density at radius 1 is 1.11 bits per heavy atom. The topological polar surface area (TPSA) is 43.6 Å². The van der Waals surface area contributed by atoms with Crippen molar-refractivity contribution >= 4 is 22.6 Å². The molecule has 0 spiro atoms. The van der Waals surface area contributed by atoms with Gasteiger partial charge in [-0.2, -0.15) is 13.2 Å². The van der Waals surface area contributed by atoms with Gasteiger partial charge in [0.05, 0.1) is 16.8 Å². The third kappa shape index (κ3) is 3.17. The molecule has 2 aromatic carbocycles. The Balaban J connectivity index is 1.66. The van der Waals surface area contributed by atoms with Gasteiger partial charge in [0.25, 0.3) is 0 Å². The van der Waals surface area contributed by atoms with Crippen LogP contribution in [0, 0.1) is 0 Å². The van der Waals surface area contributed by atoms with Crippen LogP contribution in [0.5, 0.6) is 0 Å². The number of carbonyl (C=O) groups excluding carboxylic acids is 1. The van der Waals surface area contributed by atoms with E-state index in [-0.39, 0.29) is 5.56 Å². The van der Waals surface area contributed by atoms with Gasteiger partial charge < -0.3 is 9.40 Å². The molecule has 0 radical (unpaired) electrons. The average Bonchev–Trinajstić information content (AvgIpc) is 2.99. The Labute approximate surface area is 159 Å². The van der Waals surface area contributed by atoms with Gasteiger partial charge in [0, 0.05) is 29.2 Å². The van der Waals surface area contributed by atoms with Crippen LogP contribution in [0.1, 0.15) is 40.0 Å². The van der Waals surface area contributed by atoms with E-state index in [0.717, 1.165) is 47.1 Å². The number of benzene rings is 2.